The van der Waals surface area contributed by atoms with Crippen LogP contribution in [-0.2, 0) is 10.0 Å². The fourth-order valence-corrected chi connectivity index (χ4v) is 2.46. The van der Waals surface area contributed by atoms with Crippen LogP contribution in [0.3, 0.4) is 0 Å². The molecule has 94 valence electrons. The maximum Gasteiger partial charge on any atom is 0.264 e. The maximum absolute atomic E-state index is 11.9. The molecule has 0 aliphatic heterocycles. The van der Waals surface area contributed by atoms with Crippen LogP contribution in [0.15, 0.2) is 35.5 Å². The molecule has 0 aliphatic rings. The molecule has 2 aromatic rings. The Labute approximate surface area is 113 Å². The van der Waals surface area contributed by atoms with Gasteiger partial charge < -0.3 is 0 Å². The molecular weight excluding hydrogens is 299 g/mol. The van der Waals surface area contributed by atoms with Gasteiger partial charge in [-0.1, -0.05) is 23.2 Å². The van der Waals surface area contributed by atoms with Crippen LogP contribution in [0, 0.1) is 0 Å². The first-order chi connectivity index (χ1) is 8.47. The average Bonchev–Trinajstić information content (AvgIpc) is 2.28. The minimum Gasteiger partial charge on any atom is -0.247 e. The molecule has 1 N–H and O–H groups in total. The summed E-state index contributed by atoms with van der Waals surface area (Å²) in [6.45, 7) is 0. The summed E-state index contributed by atoms with van der Waals surface area (Å²) in [6.07, 6.45) is 2.63. The molecule has 0 fully saturated rings. The Balaban J connectivity index is 2.33. The Morgan fingerprint density at radius 1 is 1.06 bits per heavy atom. The molecule has 6 nitrogen and oxygen atoms in total. The topological polar surface area (TPSA) is 84.8 Å². The number of halogens is 2. The second kappa shape index (κ2) is 5.05. The van der Waals surface area contributed by atoms with E-state index in [1.165, 1.54) is 30.6 Å². The molecule has 0 aliphatic carbocycles. The summed E-state index contributed by atoms with van der Waals surface area (Å²) in [7, 11) is -3.81. The van der Waals surface area contributed by atoms with Crippen LogP contribution in [-0.4, -0.2) is 23.4 Å². The molecule has 2 aromatic heterocycles. The summed E-state index contributed by atoms with van der Waals surface area (Å²) < 4.78 is 26.1. The predicted molar refractivity (Wildman–Crippen MR) is 67.1 cm³/mol. The Bertz CT molecular complexity index is 678. The molecule has 2 rings (SSSR count). The van der Waals surface area contributed by atoms with Gasteiger partial charge in [-0.15, -0.1) is 0 Å². The van der Waals surface area contributed by atoms with Gasteiger partial charge in [0.25, 0.3) is 10.0 Å². The standard InChI is InChI=1S/C9H6Cl2N4O2S/c10-7-2-4-13-9(14-7)15-18(16,17)6-1-3-12-8(11)5-6/h1-5H,(H,13,14,15). The predicted octanol–water partition coefficient (Wildman–Crippen LogP) is 1.98. The quantitative estimate of drug-likeness (QED) is 0.692. The second-order valence-corrected chi connectivity index (χ2v) is 5.58. The molecular formula is C9H6Cl2N4O2S. The molecule has 2 heterocycles. The lowest BCUT2D eigenvalue weighted by molar-refractivity contribution is 0.600. The van der Waals surface area contributed by atoms with Crippen molar-refractivity contribution in [2.24, 2.45) is 0 Å². The summed E-state index contributed by atoms with van der Waals surface area (Å²) in [5.41, 5.74) is 0. The number of sulfonamides is 1. The summed E-state index contributed by atoms with van der Waals surface area (Å²) in [4.78, 5) is 11.1. The van der Waals surface area contributed by atoms with Gasteiger partial charge in [-0.2, -0.15) is 0 Å². The fraction of sp³-hybridized carbons (Fsp3) is 0. The molecule has 9 heteroatoms. The van der Waals surface area contributed by atoms with Crippen molar-refractivity contribution in [3.05, 3.63) is 40.9 Å². The highest BCUT2D eigenvalue weighted by atomic mass is 35.5. The molecule has 0 spiro atoms. The molecule has 0 saturated heterocycles. The number of hydrogen-bond acceptors (Lipinski definition) is 5. The number of anilines is 1. The number of nitrogens with one attached hydrogen (secondary N) is 1. The molecule has 18 heavy (non-hydrogen) atoms. The van der Waals surface area contributed by atoms with E-state index in [-0.39, 0.29) is 21.2 Å². The monoisotopic (exact) mass is 304 g/mol. The van der Waals surface area contributed by atoms with Crippen LogP contribution in [0.5, 0.6) is 0 Å². The van der Waals surface area contributed by atoms with Crippen molar-refractivity contribution in [2.45, 2.75) is 4.90 Å². The van der Waals surface area contributed by atoms with Gasteiger partial charge in [0, 0.05) is 12.4 Å². The lowest BCUT2D eigenvalue weighted by Gasteiger charge is -2.06. The van der Waals surface area contributed by atoms with Crippen molar-refractivity contribution in [1.82, 2.24) is 15.0 Å². The van der Waals surface area contributed by atoms with Gasteiger partial charge in [-0.3, -0.25) is 0 Å². The zero-order chi connectivity index (χ0) is 13.2. The van der Waals surface area contributed by atoms with Crippen molar-refractivity contribution in [2.75, 3.05) is 4.72 Å². The minimum absolute atomic E-state index is 0.0360. The molecule has 0 aromatic carbocycles. The van der Waals surface area contributed by atoms with E-state index in [1.807, 2.05) is 0 Å². The molecule has 0 unspecified atom stereocenters. The fourth-order valence-electron chi connectivity index (χ4n) is 1.12. The lowest BCUT2D eigenvalue weighted by atomic mass is 10.5. The first kappa shape index (κ1) is 13.0. The number of pyridine rings is 1. The van der Waals surface area contributed by atoms with Crippen LogP contribution in [0.25, 0.3) is 0 Å². The normalized spacial score (nSPS) is 11.2. The Hall–Kier alpha value is -1.44. The Morgan fingerprint density at radius 3 is 2.44 bits per heavy atom. The van der Waals surface area contributed by atoms with Gasteiger partial charge in [0.15, 0.2) is 0 Å². The Kier molecular flexibility index (Phi) is 3.65. The van der Waals surface area contributed by atoms with E-state index in [9.17, 15) is 8.42 Å². The highest BCUT2D eigenvalue weighted by Gasteiger charge is 2.16. The molecule has 0 atom stereocenters. The van der Waals surface area contributed by atoms with E-state index in [0.717, 1.165) is 0 Å². The van der Waals surface area contributed by atoms with Crippen molar-refractivity contribution < 1.29 is 8.42 Å². The van der Waals surface area contributed by atoms with E-state index in [4.69, 9.17) is 23.2 Å². The van der Waals surface area contributed by atoms with Crippen molar-refractivity contribution in [3.8, 4) is 0 Å². The molecule has 0 saturated carbocycles. The summed E-state index contributed by atoms with van der Waals surface area (Å²) in [5.74, 6) is -0.115. The third-order valence-electron chi connectivity index (χ3n) is 1.86. The van der Waals surface area contributed by atoms with Gasteiger partial charge >= 0.3 is 0 Å². The van der Waals surface area contributed by atoms with E-state index in [2.05, 4.69) is 19.7 Å². The van der Waals surface area contributed by atoms with Gasteiger partial charge in [0.05, 0.1) is 4.90 Å². The zero-order valence-electron chi connectivity index (χ0n) is 8.71. The first-order valence-electron chi connectivity index (χ1n) is 4.60. The number of nitrogens with zero attached hydrogens (tertiary/aromatic N) is 3. The number of hydrogen-bond donors (Lipinski definition) is 1. The number of rotatable bonds is 3. The lowest BCUT2D eigenvalue weighted by Crippen LogP contribution is -2.15. The van der Waals surface area contributed by atoms with E-state index < -0.39 is 10.0 Å². The van der Waals surface area contributed by atoms with Crippen LogP contribution in [0.2, 0.25) is 10.3 Å². The zero-order valence-corrected chi connectivity index (χ0v) is 11.0. The Morgan fingerprint density at radius 2 is 1.78 bits per heavy atom. The highest BCUT2D eigenvalue weighted by Crippen LogP contribution is 2.16. The number of aromatic nitrogens is 3. The van der Waals surface area contributed by atoms with Crippen LogP contribution in [0.4, 0.5) is 5.95 Å². The largest absolute Gasteiger partial charge is 0.264 e. The smallest absolute Gasteiger partial charge is 0.247 e. The van der Waals surface area contributed by atoms with Crippen LogP contribution < -0.4 is 4.72 Å². The second-order valence-electron chi connectivity index (χ2n) is 3.12. The third kappa shape index (κ3) is 3.06. The highest BCUT2D eigenvalue weighted by molar-refractivity contribution is 7.92. The van der Waals surface area contributed by atoms with Crippen molar-refractivity contribution >= 4 is 39.2 Å². The molecule has 0 bridgehead atoms. The van der Waals surface area contributed by atoms with E-state index in [0.29, 0.717) is 0 Å². The summed E-state index contributed by atoms with van der Waals surface area (Å²) in [6, 6.07) is 3.95. The third-order valence-corrected chi connectivity index (χ3v) is 3.60. The first-order valence-corrected chi connectivity index (χ1v) is 6.84. The van der Waals surface area contributed by atoms with Gasteiger partial charge in [0.1, 0.15) is 10.3 Å². The molecule has 0 radical (unpaired) electrons. The van der Waals surface area contributed by atoms with E-state index in [1.54, 1.807) is 0 Å². The van der Waals surface area contributed by atoms with Gasteiger partial charge in [0.2, 0.25) is 5.95 Å². The van der Waals surface area contributed by atoms with Gasteiger partial charge in [-0.05, 0) is 18.2 Å². The summed E-state index contributed by atoms with van der Waals surface area (Å²) in [5, 5.41) is 0.209. The molecule has 0 amide bonds. The average molecular weight is 305 g/mol. The van der Waals surface area contributed by atoms with Crippen molar-refractivity contribution in [3.63, 3.8) is 0 Å². The maximum atomic E-state index is 11.9. The van der Waals surface area contributed by atoms with Crippen LogP contribution >= 0.6 is 23.2 Å². The van der Waals surface area contributed by atoms with Crippen LogP contribution in [0.1, 0.15) is 0 Å². The van der Waals surface area contributed by atoms with Gasteiger partial charge in [-0.25, -0.2) is 28.1 Å². The van der Waals surface area contributed by atoms with E-state index >= 15 is 0 Å². The summed E-state index contributed by atoms with van der Waals surface area (Å²) >= 11 is 11.3. The minimum atomic E-state index is -3.81. The van der Waals surface area contributed by atoms with Crippen molar-refractivity contribution in [1.29, 1.82) is 0 Å². The SMILES string of the molecule is O=S(=O)(Nc1nccc(Cl)n1)c1ccnc(Cl)c1.